The zero-order chi connectivity index (χ0) is 13.8. The molecule has 1 saturated carbocycles. The highest BCUT2D eigenvalue weighted by molar-refractivity contribution is 9.10. The van der Waals surface area contributed by atoms with E-state index in [-0.39, 0.29) is 17.9 Å². The molecule has 0 spiro atoms. The van der Waals surface area contributed by atoms with Crippen molar-refractivity contribution in [1.29, 1.82) is 0 Å². The highest BCUT2D eigenvalue weighted by Gasteiger charge is 2.23. The van der Waals surface area contributed by atoms with Gasteiger partial charge >= 0.3 is 0 Å². The van der Waals surface area contributed by atoms with E-state index in [1.807, 2.05) is 0 Å². The number of rotatable bonds is 3. The Morgan fingerprint density at radius 3 is 2.84 bits per heavy atom. The summed E-state index contributed by atoms with van der Waals surface area (Å²) >= 11 is 3.30. The molecular weight excluding hydrogens is 308 g/mol. The smallest absolute Gasteiger partial charge is 0.251 e. The number of hydrogen-bond acceptors (Lipinski definition) is 3. The maximum Gasteiger partial charge on any atom is 0.251 e. The maximum absolute atomic E-state index is 12.0. The topological polar surface area (TPSA) is 75.4 Å². The Hall–Kier alpha value is -1.07. The van der Waals surface area contributed by atoms with Crippen molar-refractivity contribution < 1.29 is 9.90 Å². The first-order valence-corrected chi connectivity index (χ1v) is 7.38. The van der Waals surface area contributed by atoms with Crippen LogP contribution in [0.15, 0.2) is 22.7 Å². The van der Waals surface area contributed by atoms with E-state index in [0.717, 1.165) is 30.2 Å². The van der Waals surface area contributed by atoms with Gasteiger partial charge in [0.2, 0.25) is 0 Å². The number of aliphatic hydroxyl groups excluding tert-OH is 1. The van der Waals surface area contributed by atoms with Crippen LogP contribution in [0.25, 0.3) is 0 Å². The Bertz CT molecular complexity index is 465. The lowest BCUT2D eigenvalue weighted by atomic mass is 9.86. The second kappa shape index (κ2) is 6.39. The van der Waals surface area contributed by atoms with Crippen LogP contribution in [-0.4, -0.2) is 23.7 Å². The van der Waals surface area contributed by atoms with E-state index in [9.17, 15) is 9.90 Å². The van der Waals surface area contributed by atoms with Gasteiger partial charge in [-0.2, -0.15) is 0 Å². The van der Waals surface area contributed by atoms with Gasteiger partial charge in [0.25, 0.3) is 5.91 Å². The molecule has 1 amide bonds. The first-order valence-electron chi connectivity index (χ1n) is 6.59. The van der Waals surface area contributed by atoms with E-state index in [4.69, 9.17) is 5.73 Å². The minimum atomic E-state index is -0.288. The molecule has 104 valence electrons. The SMILES string of the molecule is Nc1cc(C(=O)NCC2CCCCC2O)ccc1Br. The van der Waals surface area contributed by atoms with Gasteiger partial charge in [0.15, 0.2) is 0 Å². The molecule has 4 N–H and O–H groups in total. The zero-order valence-electron chi connectivity index (χ0n) is 10.7. The number of nitrogens with two attached hydrogens (primary N) is 1. The van der Waals surface area contributed by atoms with Crippen LogP contribution >= 0.6 is 15.9 Å². The third kappa shape index (κ3) is 3.70. The molecule has 0 saturated heterocycles. The summed E-state index contributed by atoms with van der Waals surface area (Å²) in [5.41, 5.74) is 6.85. The number of carbonyl (C=O) groups excluding carboxylic acids is 1. The van der Waals surface area contributed by atoms with Crippen molar-refractivity contribution in [1.82, 2.24) is 5.32 Å². The van der Waals surface area contributed by atoms with Crippen LogP contribution in [0.2, 0.25) is 0 Å². The van der Waals surface area contributed by atoms with Gasteiger partial charge in [0, 0.05) is 28.2 Å². The molecule has 1 aromatic rings. The van der Waals surface area contributed by atoms with Crippen molar-refractivity contribution in [3.63, 3.8) is 0 Å². The van der Waals surface area contributed by atoms with Crippen molar-refractivity contribution in [2.45, 2.75) is 31.8 Å². The van der Waals surface area contributed by atoms with Crippen molar-refractivity contribution in [2.75, 3.05) is 12.3 Å². The fraction of sp³-hybridized carbons (Fsp3) is 0.500. The van der Waals surface area contributed by atoms with Gasteiger partial charge in [-0.15, -0.1) is 0 Å². The largest absolute Gasteiger partial charge is 0.398 e. The number of amides is 1. The number of hydrogen-bond donors (Lipinski definition) is 3. The first kappa shape index (κ1) is 14.3. The Morgan fingerprint density at radius 1 is 1.42 bits per heavy atom. The Labute approximate surface area is 121 Å². The highest BCUT2D eigenvalue weighted by Crippen LogP contribution is 2.24. The highest BCUT2D eigenvalue weighted by atomic mass is 79.9. The molecule has 1 aliphatic carbocycles. The zero-order valence-corrected chi connectivity index (χ0v) is 12.3. The van der Waals surface area contributed by atoms with E-state index >= 15 is 0 Å². The minimum Gasteiger partial charge on any atom is -0.398 e. The van der Waals surface area contributed by atoms with E-state index in [1.54, 1.807) is 18.2 Å². The number of aliphatic hydroxyl groups is 1. The van der Waals surface area contributed by atoms with Crippen LogP contribution in [0, 0.1) is 5.92 Å². The second-order valence-electron chi connectivity index (χ2n) is 5.06. The van der Waals surface area contributed by atoms with Gasteiger partial charge < -0.3 is 16.2 Å². The van der Waals surface area contributed by atoms with Crippen LogP contribution in [0.4, 0.5) is 5.69 Å². The fourth-order valence-corrected chi connectivity index (χ4v) is 2.68. The van der Waals surface area contributed by atoms with Crippen molar-refractivity contribution in [2.24, 2.45) is 5.92 Å². The molecule has 0 aliphatic heterocycles. The molecule has 0 heterocycles. The molecular formula is C14H19BrN2O2. The average Bonchev–Trinajstić information content (AvgIpc) is 2.40. The maximum atomic E-state index is 12.0. The number of benzene rings is 1. The predicted molar refractivity (Wildman–Crippen MR) is 78.9 cm³/mol. The number of nitrogen functional groups attached to an aromatic ring is 1. The quantitative estimate of drug-likeness (QED) is 0.746. The third-order valence-electron chi connectivity index (χ3n) is 3.65. The molecule has 1 aliphatic rings. The van der Waals surface area contributed by atoms with Gasteiger partial charge in [-0.25, -0.2) is 0 Å². The number of carbonyl (C=O) groups is 1. The van der Waals surface area contributed by atoms with Crippen LogP contribution in [0.3, 0.4) is 0 Å². The molecule has 2 rings (SSSR count). The molecule has 0 bridgehead atoms. The molecule has 1 aromatic carbocycles. The van der Waals surface area contributed by atoms with Crippen molar-refractivity contribution >= 4 is 27.5 Å². The Kier molecular flexibility index (Phi) is 4.82. The number of anilines is 1. The van der Waals surface area contributed by atoms with Gasteiger partial charge in [-0.1, -0.05) is 12.8 Å². The lowest BCUT2D eigenvalue weighted by molar-refractivity contribution is 0.0663. The Morgan fingerprint density at radius 2 is 2.16 bits per heavy atom. The van der Waals surface area contributed by atoms with E-state index in [1.165, 1.54) is 0 Å². The first-order chi connectivity index (χ1) is 9.08. The molecule has 19 heavy (non-hydrogen) atoms. The van der Waals surface area contributed by atoms with Gasteiger partial charge in [-0.05, 0) is 47.0 Å². The molecule has 0 aromatic heterocycles. The summed E-state index contributed by atoms with van der Waals surface area (Å²) in [7, 11) is 0. The third-order valence-corrected chi connectivity index (χ3v) is 4.37. The summed E-state index contributed by atoms with van der Waals surface area (Å²) in [6, 6.07) is 5.14. The Balaban J connectivity index is 1.91. The van der Waals surface area contributed by atoms with Gasteiger partial charge in [0.1, 0.15) is 0 Å². The normalized spacial score (nSPS) is 23.1. The molecule has 1 fully saturated rings. The van der Waals surface area contributed by atoms with Crippen molar-refractivity contribution in [3.05, 3.63) is 28.2 Å². The molecule has 2 atom stereocenters. The lowest BCUT2D eigenvalue weighted by Crippen LogP contribution is -2.36. The molecule has 0 radical (unpaired) electrons. The van der Waals surface area contributed by atoms with Crippen LogP contribution < -0.4 is 11.1 Å². The molecule has 4 nitrogen and oxygen atoms in total. The molecule has 5 heteroatoms. The molecule has 2 unspecified atom stereocenters. The monoisotopic (exact) mass is 326 g/mol. The summed E-state index contributed by atoms with van der Waals surface area (Å²) < 4.78 is 0.784. The van der Waals surface area contributed by atoms with E-state index < -0.39 is 0 Å². The summed E-state index contributed by atoms with van der Waals surface area (Å²) in [6.07, 6.45) is 3.73. The number of nitrogens with one attached hydrogen (secondary N) is 1. The fourth-order valence-electron chi connectivity index (χ4n) is 2.44. The van der Waals surface area contributed by atoms with Gasteiger partial charge in [0.05, 0.1) is 6.10 Å². The van der Waals surface area contributed by atoms with Gasteiger partial charge in [-0.3, -0.25) is 4.79 Å². The standard InChI is InChI=1S/C14H19BrN2O2/c15-11-6-5-9(7-12(11)16)14(19)17-8-10-3-1-2-4-13(10)18/h5-7,10,13,18H,1-4,8,16H2,(H,17,19). The predicted octanol–water partition coefficient (Wildman–Crippen LogP) is 2.31. The average molecular weight is 327 g/mol. The lowest BCUT2D eigenvalue weighted by Gasteiger charge is -2.27. The summed E-state index contributed by atoms with van der Waals surface area (Å²) in [6.45, 7) is 0.524. The second-order valence-corrected chi connectivity index (χ2v) is 5.91. The number of halogens is 1. The summed E-state index contributed by atoms with van der Waals surface area (Å²) in [4.78, 5) is 12.0. The van der Waals surface area contributed by atoms with E-state index in [0.29, 0.717) is 17.8 Å². The van der Waals surface area contributed by atoms with Crippen LogP contribution in [0.5, 0.6) is 0 Å². The minimum absolute atomic E-state index is 0.142. The van der Waals surface area contributed by atoms with Crippen LogP contribution in [-0.2, 0) is 0 Å². The van der Waals surface area contributed by atoms with Crippen molar-refractivity contribution in [3.8, 4) is 0 Å². The van der Waals surface area contributed by atoms with E-state index in [2.05, 4.69) is 21.2 Å². The summed E-state index contributed by atoms with van der Waals surface area (Å²) in [5, 5.41) is 12.7. The summed E-state index contributed by atoms with van der Waals surface area (Å²) in [5.74, 6) is 0.0301. The van der Waals surface area contributed by atoms with Crippen LogP contribution in [0.1, 0.15) is 36.0 Å².